The van der Waals surface area contributed by atoms with E-state index >= 15 is 0 Å². The van der Waals surface area contributed by atoms with Gasteiger partial charge in [0.2, 0.25) is 17.6 Å². The van der Waals surface area contributed by atoms with Crippen molar-refractivity contribution in [2.75, 3.05) is 28.4 Å². The highest BCUT2D eigenvalue weighted by Gasteiger charge is 2.40. The lowest BCUT2D eigenvalue weighted by atomic mass is 10.2. The molecule has 13 nitrogen and oxygen atoms in total. The molecule has 0 fully saturated rings. The molecule has 1 aromatic heterocycles. The maximum absolute atomic E-state index is 13.2. The number of esters is 1. The van der Waals surface area contributed by atoms with E-state index in [0.717, 1.165) is 14.2 Å². The second-order valence-electron chi connectivity index (χ2n) is 6.84. The first-order valence-corrected chi connectivity index (χ1v) is 11.8. The van der Waals surface area contributed by atoms with Crippen LogP contribution in [0.5, 0.6) is 23.5 Å². The topological polar surface area (TPSA) is 158 Å². The van der Waals surface area contributed by atoms with Gasteiger partial charge in [-0.1, -0.05) is 12.1 Å². The van der Waals surface area contributed by atoms with Gasteiger partial charge in [-0.05, 0) is 24.3 Å². The van der Waals surface area contributed by atoms with E-state index in [2.05, 4.69) is 9.97 Å². The number of carbonyl (C=O) groups is 1. The predicted molar refractivity (Wildman–Crippen MR) is 125 cm³/mol. The summed E-state index contributed by atoms with van der Waals surface area (Å²) in [5, 5.41) is 11.0. The third kappa shape index (κ3) is 5.95. The Balaban J connectivity index is 1.96. The van der Waals surface area contributed by atoms with Gasteiger partial charge in [-0.3, -0.25) is 14.7 Å². The molecule has 36 heavy (non-hydrogen) atoms. The number of methoxy groups -OCH3 is 2. The average molecular weight is 519 g/mol. The third-order valence-electron chi connectivity index (χ3n) is 4.79. The number of nitrogens with zero attached hydrogens (tertiary/aromatic N) is 3. The van der Waals surface area contributed by atoms with E-state index in [-0.39, 0.29) is 40.3 Å². The summed E-state index contributed by atoms with van der Waals surface area (Å²) in [6.07, 6.45) is 0. The number of non-ortho nitro benzene ring substituents is 1. The van der Waals surface area contributed by atoms with Gasteiger partial charge in [0, 0.05) is 31.9 Å². The van der Waals surface area contributed by atoms with Crippen LogP contribution in [0.3, 0.4) is 0 Å². The molecule has 3 aromatic rings. The normalized spacial score (nSPS) is 11.9. The van der Waals surface area contributed by atoms with Gasteiger partial charge in [-0.15, -0.1) is 0 Å². The molecular formula is C22H22N3O10P. The first kappa shape index (κ1) is 26.5. The number of ether oxygens (including phenoxy) is 4. The van der Waals surface area contributed by atoms with Gasteiger partial charge in [0.1, 0.15) is 11.3 Å². The van der Waals surface area contributed by atoms with Crippen LogP contribution in [0.4, 0.5) is 5.69 Å². The van der Waals surface area contributed by atoms with Crippen molar-refractivity contribution in [3.8, 4) is 23.5 Å². The average Bonchev–Trinajstić information content (AvgIpc) is 2.91. The number of para-hydroxylation sites is 1. The number of benzene rings is 2. The summed E-state index contributed by atoms with van der Waals surface area (Å²) >= 11 is 0. The Hall–Kier alpha value is -4.06. The van der Waals surface area contributed by atoms with E-state index in [1.54, 1.807) is 12.1 Å². The molecule has 1 atom stereocenters. The van der Waals surface area contributed by atoms with Crippen molar-refractivity contribution in [2.45, 2.75) is 5.85 Å². The highest BCUT2D eigenvalue weighted by atomic mass is 31.2. The van der Waals surface area contributed by atoms with Gasteiger partial charge < -0.3 is 28.0 Å². The number of rotatable bonds is 11. The Kier molecular flexibility index (Phi) is 8.54. The molecule has 0 aliphatic heterocycles. The van der Waals surface area contributed by atoms with Crippen LogP contribution in [0.25, 0.3) is 0 Å². The van der Waals surface area contributed by atoms with Gasteiger partial charge in [-0.25, -0.2) is 4.79 Å². The van der Waals surface area contributed by atoms with Gasteiger partial charge >= 0.3 is 19.6 Å². The van der Waals surface area contributed by atoms with Gasteiger partial charge in [-0.2, -0.15) is 9.97 Å². The zero-order valence-corrected chi connectivity index (χ0v) is 20.5. The highest BCUT2D eigenvalue weighted by Crippen LogP contribution is 2.60. The van der Waals surface area contributed by atoms with Crippen molar-refractivity contribution in [3.63, 3.8) is 0 Å². The van der Waals surface area contributed by atoms with Crippen LogP contribution >= 0.6 is 7.60 Å². The van der Waals surface area contributed by atoms with Gasteiger partial charge in [0.05, 0.1) is 25.2 Å². The molecule has 2 aromatic carbocycles. The van der Waals surface area contributed by atoms with Crippen LogP contribution in [0.2, 0.25) is 0 Å². The second-order valence-corrected chi connectivity index (χ2v) is 9.12. The van der Waals surface area contributed by atoms with E-state index in [1.807, 2.05) is 0 Å². The molecule has 0 N–H and O–H groups in total. The fraction of sp³-hybridized carbons (Fsp3) is 0.227. The molecule has 0 bridgehead atoms. The Morgan fingerprint density at radius 1 is 0.944 bits per heavy atom. The number of carbonyl (C=O) groups excluding carboxylic acids is 1. The van der Waals surface area contributed by atoms with Crippen LogP contribution < -0.4 is 14.2 Å². The molecule has 1 unspecified atom stereocenters. The van der Waals surface area contributed by atoms with E-state index in [0.29, 0.717) is 0 Å². The van der Waals surface area contributed by atoms with Gasteiger partial charge in [0.15, 0.2) is 0 Å². The lowest BCUT2D eigenvalue weighted by Crippen LogP contribution is -2.15. The lowest BCUT2D eigenvalue weighted by molar-refractivity contribution is -0.384. The molecular weight excluding hydrogens is 497 g/mol. The summed E-state index contributed by atoms with van der Waals surface area (Å²) in [6, 6.07) is 12.3. The van der Waals surface area contributed by atoms with Crippen LogP contribution in [0.15, 0.2) is 54.6 Å². The van der Waals surface area contributed by atoms with Crippen molar-refractivity contribution < 1.29 is 42.3 Å². The largest absolute Gasteiger partial charge is 0.481 e. The SMILES string of the molecule is COc1cc(OC)nc(Oc2ccccc2C(=O)OC(c2ccc([N+](=O)[O-])cc2)P(=O)(OC)OC)n1. The minimum absolute atomic E-state index is 0.0184. The van der Waals surface area contributed by atoms with E-state index in [9.17, 15) is 19.5 Å². The summed E-state index contributed by atoms with van der Waals surface area (Å²) in [5.41, 5.74) is -0.116. The Bertz CT molecular complexity index is 1260. The fourth-order valence-electron chi connectivity index (χ4n) is 2.97. The van der Waals surface area contributed by atoms with Crippen molar-refractivity contribution in [2.24, 2.45) is 0 Å². The van der Waals surface area contributed by atoms with E-state index < -0.39 is 24.3 Å². The molecule has 1 heterocycles. The molecule has 0 radical (unpaired) electrons. The number of aromatic nitrogens is 2. The van der Waals surface area contributed by atoms with Crippen molar-refractivity contribution in [1.29, 1.82) is 0 Å². The zero-order valence-electron chi connectivity index (χ0n) is 19.6. The summed E-state index contributed by atoms with van der Waals surface area (Å²) in [6.45, 7) is 0. The zero-order chi connectivity index (χ0) is 26.3. The molecule has 0 spiro atoms. The Morgan fingerprint density at radius 3 is 2.06 bits per heavy atom. The number of hydrogen-bond donors (Lipinski definition) is 0. The number of nitro benzene ring substituents is 1. The quantitative estimate of drug-likeness (QED) is 0.151. The first-order valence-electron chi connectivity index (χ1n) is 10.1. The molecule has 0 saturated heterocycles. The van der Waals surface area contributed by atoms with Crippen molar-refractivity contribution in [3.05, 3.63) is 75.8 Å². The molecule has 0 aliphatic rings. The smallest absolute Gasteiger partial charge is 0.375 e. The van der Waals surface area contributed by atoms with Crippen LogP contribution in [0.1, 0.15) is 21.8 Å². The molecule has 0 aliphatic carbocycles. The molecule has 3 rings (SSSR count). The maximum Gasteiger partial charge on any atom is 0.375 e. The number of nitro groups is 1. The summed E-state index contributed by atoms with van der Waals surface area (Å²) in [4.78, 5) is 31.7. The van der Waals surface area contributed by atoms with Crippen molar-refractivity contribution >= 4 is 19.3 Å². The summed E-state index contributed by atoms with van der Waals surface area (Å²) < 4.78 is 44.7. The van der Waals surface area contributed by atoms with E-state index in [4.69, 9.17) is 28.0 Å². The van der Waals surface area contributed by atoms with E-state index in [1.165, 1.54) is 56.7 Å². The van der Waals surface area contributed by atoms with Crippen LogP contribution in [0, 0.1) is 10.1 Å². The molecule has 0 amide bonds. The first-order chi connectivity index (χ1) is 17.2. The van der Waals surface area contributed by atoms with Crippen molar-refractivity contribution in [1.82, 2.24) is 9.97 Å². The van der Waals surface area contributed by atoms with Crippen LogP contribution in [-0.4, -0.2) is 49.3 Å². The fourth-order valence-corrected chi connectivity index (χ4v) is 4.26. The molecule has 14 heteroatoms. The minimum atomic E-state index is -4.04. The molecule has 190 valence electrons. The van der Waals surface area contributed by atoms with Gasteiger partial charge in [0.25, 0.3) is 5.69 Å². The summed E-state index contributed by atoms with van der Waals surface area (Å²) in [7, 11) is 1.02. The Morgan fingerprint density at radius 2 is 1.53 bits per heavy atom. The summed E-state index contributed by atoms with van der Waals surface area (Å²) in [5.74, 6) is -2.14. The third-order valence-corrected chi connectivity index (χ3v) is 6.78. The van der Waals surface area contributed by atoms with Crippen LogP contribution in [-0.2, 0) is 18.3 Å². The monoisotopic (exact) mass is 519 g/mol. The lowest BCUT2D eigenvalue weighted by Gasteiger charge is -2.24. The Labute approximate surface area is 205 Å². The predicted octanol–water partition coefficient (Wildman–Crippen LogP) is 4.54. The molecule has 0 saturated carbocycles. The highest BCUT2D eigenvalue weighted by molar-refractivity contribution is 7.54. The second kappa shape index (κ2) is 11.6. The number of hydrogen-bond acceptors (Lipinski definition) is 12. The standard InChI is InChI=1S/C22H22N3O10P/c1-30-18-13-19(31-2)24-22(23-18)34-17-8-6-5-7-16(17)20(26)35-21(36(29,32-3)33-4)14-9-11-15(12-10-14)25(27)28/h5-13,21H,1-4H3. The minimum Gasteiger partial charge on any atom is -0.481 e. The maximum atomic E-state index is 13.2.